The van der Waals surface area contributed by atoms with Gasteiger partial charge in [0.25, 0.3) is 0 Å². The predicted octanol–water partition coefficient (Wildman–Crippen LogP) is -0.847. The molecule has 50 valence electrons. The van der Waals surface area contributed by atoms with Gasteiger partial charge in [-0.15, -0.1) is 0 Å². The molecule has 0 bridgehead atoms. The molecule has 0 fully saturated rings. The van der Waals surface area contributed by atoms with Crippen LogP contribution in [0.5, 0.6) is 0 Å². The molecule has 0 aliphatic carbocycles. The second-order valence-electron chi connectivity index (χ2n) is 1.30. The first-order valence-corrected chi connectivity index (χ1v) is 2.21. The molecule has 1 unspecified atom stereocenters. The Balaban J connectivity index is 4.22. The van der Waals surface area contributed by atoms with Crippen LogP contribution in [-0.2, 0) is 9.59 Å². The maximum Gasteiger partial charge on any atom is 0.324 e. The molecular weight excluding hydrogens is 122 g/mol. The van der Waals surface area contributed by atoms with Gasteiger partial charge in [-0.05, 0) is 6.08 Å². The Kier molecular flexibility index (Phi) is 1.98. The normalized spacial score (nSPS) is 17.0. The van der Waals surface area contributed by atoms with Crippen molar-refractivity contribution in [3.05, 3.63) is 12.2 Å². The number of allylic oxidation sites excluding steroid dienone is 1. The van der Waals surface area contributed by atoms with Crippen LogP contribution in [0.25, 0.3) is 0 Å². The molecule has 0 aromatic carbocycles. The Hall–Kier alpha value is -1.16. The zero-order valence-electron chi connectivity index (χ0n) is 6.52. The van der Waals surface area contributed by atoms with Crippen LogP contribution >= 0.6 is 0 Å². The van der Waals surface area contributed by atoms with E-state index in [9.17, 15) is 9.59 Å². The van der Waals surface area contributed by atoms with Crippen molar-refractivity contribution in [1.82, 2.24) is 0 Å². The van der Waals surface area contributed by atoms with Crippen LogP contribution in [0.15, 0.2) is 12.2 Å². The van der Waals surface area contributed by atoms with Crippen molar-refractivity contribution in [2.24, 2.45) is 5.72 Å². The minimum absolute atomic E-state index is 0.00231. The lowest BCUT2D eigenvalue weighted by atomic mass is 10.3. The fourth-order valence-corrected chi connectivity index (χ4v) is 0.233. The summed E-state index contributed by atoms with van der Waals surface area (Å²) in [6, 6.07) is -1.39. The lowest BCUT2D eigenvalue weighted by molar-refractivity contribution is -0.137. The lowest BCUT2D eigenvalue weighted by Gasteiger charge is -1.94. The number of carboxylic acid groups (broad SMARTS) is 1. The maximum absolute atomic E-state index is 10.2. The van der Waals surface area contributed by atoms with E-state index in [2.05, 4.69) is 0 Å². The Morgan fingerprint density at radius 3 is 2.89 bits per heavy atom. The van der Waals surface area contributed by atoms with Crippen LogP contribution in [-0.4, -0.2) is 23.4 Å². The monoisotopic (exact) mass is 131 g/mol. The molecule has 0 radical (unpaired) electrons. The number of rotatable bonds is 4. The van der Waals surface area contributed by atoms with Gasteiger partial charge in [-0.3, -0.25) is 9.59 Å². The van der Waals surface area contributed by atoms with Crippen LogP contribution in [0.3, 0.4) is 0 Å². The summed E-state index contributed by atoms with van der Waals surface area (Å²) in [7, 11) is 0. The third-order valence-electron chi connectivity index (χ3n) is 0.625. The predicted molar refractivity (Wildman–Crippen MR) is 30.8 cm³/mol. The van der Waals surface area contributed by atoms with Crippen molar-refractivity contribution in [2.45, 2.75) is 6.04 Å². The second-order valence-corrected chi connectivity index (χ2v) is 1.30. The van der Waals surface area contributed by atoms with E-state index in [1.54, 1.807) is 0 Å². The van der Waals surface area contributed by atoms with E-state index in [0.717, 1.165) is 12.2 Å². The first-order chi connectivity index (χ1) is 5.09. The molecule has 0 aliphatic heterocycles. The average Bonchev–Trinajstić information content (AvgIpc) is 1.87. The number of carbonyl (C=O) groups excluding carboxylic acids is 1. The Labute approximate surface area is 54.9 Å². The first kappa shape index (κ1) is 4.69. The van der Waals surface area contributed by atoms with Crippen molar-refractivity contribution in [2.75, 3.05) is 0 Å². The number of hydrogen-bond donors (Lipinski definition) is 2. The second kappa shape index (κ2) is 3.80. The molecule has 0 rings (SSSR count). The van der Waals surface area contributed by atoms with Gasteiger partial charge in [0.05, 0.1) is 0 Å². The van der Waals surface area contributed by atoms with Gasteiger partial charge < -0.3 is 10.8 Å². The molecule has 0 heterocycles. The van der Waals surface area contributed by atoms with Crippen LogP contribution in [0.4, 0.5) is 0 Å². The van der Waals surface area contributed by atoms with Gasteiger partial charge in [0.1, 0.15) is 15.2 Å². The standard InChI is InChI=1S/C5H7NO3/c6-4(5(8)9)2-1-3-7/h1-4H,6H2,(H,8,9)/b2-1+/i/hD2. The molecule has 0 spiro atoms. The van der Waals surface area contributed by atoms with Crippen molar-refractivity contribution in [1.29, 1.82) is 0 Å². The van der Waals surface area contributed by atoms with E-state index < -0.39 is 12.0 Å². The zero-order valence-corrected chi connectivity index (χ0v) is 4.52. The minimum Gasteiger partial charge on any atom is -0.480 e. The summed E-state index contributed by atoms with van der Waals surface area (Å²) in [6.45, 7) is 0. The smallest absolute Gasteiger partial charge is 0.324 e. The molecule has 0 aromatic rings. The van der Waals surface area contributed by atoms with E-state index in [1.807, 2.05) is 0 Å². The number of aliphatic carboxylic acids is 1. The van der Waals surface area contributed by atoms with Crippen molar-refractivity contribution in [3.63, 3.8) is 0 Å². The highest BCUT2D eigenvalue weighted by Crippen LogP contribution is 1.78. The topological polar surface area (TPSA) is 80.4 Å². The largest absolute Gasteiger partial charge is 0.480 e. The van der Waals surface area contributed by atoms with E-state index in [0.29, 0.717) is 6.29 Å². The van der Waals surface area contributed by atoms with Crippen LogP contribution in [0, 0.1) is 0 Å². The fourth-order valence-electron chi connectivity index (χ4n) is 0.233. The summed E-state index contributed by atoms with van der Waals surface area (Å²) in [5.74, 6) is -1.34. The maximum atomic E-state index is 10.2. The summed E-state index contributed by atoms with van der Waals surface area (Å²) < 4.78 is 13.2. The van der Waals surface area contributed by atoms with Crippen molar-refractivity contribution < 1.29 is 17.5 Å². The number of carbonyl (C=O) groups is 2. The summed E-state index contributed by atoms with van der Waals surface area (Å²) >= 11 is 0. The van der Waals surface area contributed by atoms with E-state index in [4.69, 9.17) is 7.93 Å². The molecule has 4 heteroatoms. The van der Waals surface area contributed by atoms with Gasteiger partial charge in [0, 0.05) is 0 Å². The molecule has 0 saturated heterocycles. The van der Waals surface area contributed by atoms with Gasteiger partial charge in [-0.2, -0.15) is 0 Å². The quantitative estimate of drug-likeness (QED) is 0.385. The summed E-state index contributed by atoms with van der Waals surface area (Å²) in [5.41, 5.74) is 0.00231. The van der Waals surface area contributed by atoms with Crippen LogP contribution in [0.1, 0.15) is 0 Å². The highest BCUT2D eigenvalue weighted by atomic mass is 16.4. The van der Waals surface area contributed by atoms with Crippen molar-refractivity contribution in [3.8, 4) is 0 Å². The molecular formula is C5H7NO3. The lowest BCUT2D eigenvalue weighted by Crippen LogP contribution is -2.27. The molecule has 0 aliphatic rings. The summed E-state index contributed by atoms with van der Waals surface area (Å²) in [6.07, 6.45) is 2.28. The third kappa shape index (κ3) is 3.42. The van der Waals surface area contributed by atoms with Crippen LogP contribution < -0.4 is 5.72 Å². The molecule has 1 atom stereocenters. The zero-order chi connectivity index (χ0) is 8.85. The third-order valence-corrected chi connectivity index (χ3v) is 0.625. The molecule has 0 aromatic heterocycles. The average molecular weight is 131 g/mol. The molecule has 0 saturated carbocycles. The summed E-state index contributed by atoms with van der Waals surface area (Å²) in [4.78, 5) is 19.9. The SMILES string of the molecule is [2H]N([2H])C(/C=C/C=O)C(=O)O. The van der Waals surface area contributed by atoms with E-state index in [1.165, 1.54) is 0 Å². The first-order valence-electron chi connectivity index (χ1n) is 3.10. The number of nitrogens with two attached hydrogens (primary N) is 1. The van der Waals surface area contributed by atoms with E-state index in [-0.39, 0.29) is 5.72 Å². The van der Waals surface area contributed by atoms with Gasteiger partial charge in [-0.1, -0.05) is 6.08 Å². The van der Waals surface area contributed by atoms with Gasteiger partial charge in [0.2, 0.25) is 0 Å². The Morgan fingerprint density at radius 2 is 2.56 bits per heavy atom. The number of carboxylic acids is 1. The van der Waals surface area contributed by atoms with Gasteiger partial charge >= 0.3 is 5.97 Å². The van der Waals surface area contributed by atoms with E-state index >= 15 is 0 Å². The van der Waals surface area contributed by atoms with Gasteiger partial charge in [0.15, 0.2) is 0 Å². The Morgan fingerprint density at radius 1 is 1.89 bits per heavy atom. The highest BCUT2D eigenvalue weighted by molar-refractivity contribution is 5.77. The van der Waals surface area contributed by atoms with Crippen molar-refractivity contribution >= 4 is 12.3 Å². The minimum atomic E-state index is -1.39. The number of hydrogen-bond acceptors (Lipinski definition) is 3. The highest BCUT2D eigenvalue weighted by Gasteiger charge is 2.04. The fraction of sp³-hybridized carbons (Fsp3) is 0.200. The Bertz CT molecular complexity index is 181. The van der Waals surface area contributed by atoms with Gasteiger partial charge in [-0.25, -0.2) is 0 Å². The van der Waals surface area contributed by atoms with Crippen LogP contribution in [0.2, 0.25) is 2.82 Å². The summed E-state index contributed by atoms with van der Waals surface area (Å²) in [5, 5.41) is 8.32. The molecule has 9 heavy (non-hydrogen) atoms. The number of aldehydes is 1. The molecule has 3 N–H and O–H groups in total. The molecule has 4 nitrogen and oxygen atoms in total. The molecule has 0 amide bonds.